The molecule has 5 heavy (non-hydrogen) atoms. The average molecular weight is 71.1 g/mol. The Morgan fingerprint density at radius 3 is 1.60 bits per heavy atom. The van der Waals surface area contributed by atoms with E-state index in [9.17, 15) is 0 Å². The van der Waals surface area contributed by atoms with E-state index in [2.05, 4.69) is 27.2 Å². The van der Waals surface area contributed by atoms with Crippen molar-refractivity contribution < 1.29 is 0 Å². The summed E-state index contributed by atoms with van der Waals surface area (Å²) < 4.78 is 0. The minimum atomic E-state index is 0.759. The van der Waals surface area contributed by atoms with Crippen LogP contribution in [0.5, 0.6) is 0 Å². The maximum atomic E-state index is 2.17. The summed E-state index contributed by atoms with van der Waals surface area (Å²) in [6, 6.07) is 0. The third-order valence-electron chi connectivity index (χ3n) is 0.667. The quantitative estimate of drug-likeness (QED) is 0.414. The van der Waals surface area contributed by atoms with Gasteiger partial charge < -0.3 is 0 Å². The van der Waals surface area contributed by atoms with Gasteiger partial charge in [-0.25, -0.2) is 0 Å². The molecule has 0 aliphatic heterocycles. The van der Waals surface area contributed by atoms with Crippen LogP contribution < -0.4 is 0 Å². The molecule has 0 nitrogen and oxygen atoms in total. The highest BCUT2D eigenvalue weighted by Gasteiger charge is 1.91. The second-order valence-electron chi connectivity index (χ2n) is 1.58. The molecule has 0 heterocycles. The van der Waals surface area contributed by atoms with Gasteiger partial charge in [-0.15, -0.1) is 0 Å². The standard InChI is InChI=1S/C5H11/c1-4-5(2)3/h4-5H,1-3H3/q+1. The smallest absolute Gasteiger partial charge is 0.0218 e. The van der Waals surface area contributed by atoms with Crippen LogP contribution in [0.25, 0.3) is 0 Å². The molecule has 0 fully saturated rings. The fourth-order valence-electron chi connectivity index (χ4n) is 0. The SMILES string of the molecule is C[CH+]C(C)C. The lowest BCUT2D eigenvalue weighted by atomic mass is 10.2. The molecule has 0 aromatic carbocycles. The lowest BCUT2D eigenvalue weighted by molar-refractivity contribution is 0.762. The van der Waals surface area contributed by atoms with E-state index in [4.69, 9.17) is 0 Å². The van der Waals surface area contributed by atoms with Crippen LogP contribution in [-0.4, -0.2) is 0 Å². The predicted molar refractivity (Wildman–Crippen MR) is 24.8 cm³/mol. The Kier molecular flexibility index (Phi) is 2.07. The molecule has 0 saturated heterocycles. The van der Waals surface area contributed by atoms with E-state index in [-0.39, 0.29) is 0 Å². The Hall–Kier alpha value is -0.130. The summed E-state index contributed by atoms with van der Waals surface area (Å²) in [6.45, 7) is 6.41. The van der Waals surface area contributed by atoms with Crippen molar-refractivity contribution in [1.82, 2.24) is 0 Å². The first-order valence-corrected chi connectivity index (χ1v) is 2.07. The molecule has 0 aliphatic rings. The second kappa shape index (κ2) is 2.13. The fraction of sp³-hybridized carbons (Fsp3) is 0.800. The van der Waals surface area contributed by atoms with E-state index < -0.39 is 0 Å². The first-order chi connectivity index (χ1) is 2.27. The maximum absolute atomic E-state index is 2.17. The van der Waals surface area contributed by atoms with Gasteiger partial charge in [-0.1, -0.05) is 0 Å². The largest absolute Gasteiger partial charge is 0.0918 e. The van der Waals surface area contributed by atoms with Crippen LogP contribution in [0.4, 0.5) is 0 Å². The molecular weight excluding hydrogens is 60.1 g/mol. The van der Waals surface area contributed by atoms with Crippen LogP contribution in [0.15, 0.2) is 0 Å². The van der Waals surface area contributed by atoms with E-state index in [1.165, 1.54) is 0 Å². The molecule has 0 unspecified atom stereocenters. The highest BCUT2D eigenvalue weighted by atomic mass is 13.9. The van der Waals surface area contributed by atoms with Crippen LogP contribution >= 0.6 is 0 Å². The van der Waals surface area contributed by atoms with Gasteiger partial charge in [0, 0.05) is 0 Å². The molecule has 0 saturated carbocycles. The van der Waals surface area contributed by atoms with E-state index in [1.54, 1.807) is 0 Å². The first-order valence-electron chi connectivity index (χ1n) is 2.07. The van der Waals surface area contributed by atoms with E-state index in [1.807, 2.05) is 0 Å². The van der Waals surface area contributed by atoms with Crippen molar-refractivity contribution in [1.29, 1.82) is 0 Å². The molecule has 30 valence electrons. The summed E-state index contributed by atoms with van der Waals surface area (Å²) in [5.74, 6) is 0.759. The van der Waals surface area contributed by atoms with E-state index in [0.717, 1.165) is 5.92 Å². The fourth-order valence-corrected chi connectivity index (χ4v) is 0. The van der Waals surface area contributed by atoms with Gasteiger partial charge in [-0.2, -0.15) is 0 Å². The summed E-state index contributed by atoms with van der Waals surface area (Å²) in [7, 11) is 0. The molecule has 0 bridgehead atoms. The number of hydrogen-bond donors (Lipinski definition) is 0. The Morgan fingerprint density at radius 1 is 1.40 bits per heavy atom. The van der Waals surface area contributed by atoms with Crippen molar-refractivity contribution in [3.8, 4) is 0 Å². The zero-order chi connectivity index (χ0) is 4.28. The topological polar surface area (TPSA) is 0 Å². The van der Waals surface area contributed by atoms with Gasteiger partial charge in [-0.3, -0.25) is 0 Å². The van der Waals surface area contributed by atoms with Gasteiger partial charge in [0.2, 0.25) is 0 Å². The number of hydrogen-bond acceptors (Lipinski definition) is 0. The van der Waals surface area contributed by atoms with Crippen molar-refractivity contribution in [3.63, 3.8) is 0 Å². The predicted octanol–water partition coefficient (Wildman–Crippen LogP) is 1.87. The molecular formula is C5H11+. The Labute approximate surface area is 34.2 Å². The van der Waals surface area contributed by atoms with Crippen molar-refractivity contribution in [2.24, 2.45) is 5.92 Å². The Balaban J connectivity index is 2.54. The van der Waals surface area contributed by atoms with Crippen molar-refractivity contribution >= 4 is 0 Å². The Morgan fingerprint density at radius 2 is 1.60 bits per heavy atom. The van der Waals surface area contributed by atoms with Crippen molar-refractivity contribution in [3.05, 3.63) is 6.42 Å². The second-order valence-corrected chi connectivity index (χ2v) is 1.58. The zero-order valence-electron chi connectivity index (χ0n) is 4.15. The molecule has 0 aromatic rings. The molecule has 0 heteroatoms. The summed E-state index contributed by atoms with van der Waals surface area (Å²) >= 11 is 0. The van der Waals surface area contributed by atoms with Crippen LogP contribution in [0, 0.1) is 12.3 Å². The summed E-state index contributed by atoms with van der Waals surface area (Å²) in [5, 5.41) is 0. The highest BCUT2D eigenvalue weighted by molar-refractivity contribution is 4.58. The monoisotopic (exact) mass is 71.1 g/mol. The van der Waals surface area contributed by atoms with Crippen molar-refractivity contribution in [2.45, 2.75) is 20.8 Å². The van der Waals surface area contributed by atoms with Crippen LogP contribution in [0.1, 0.15) is 20.8 Å². The lowest BCUT2D eigenvalue weighted by Crippen LogP contribution is -1.78. The third-order valence-corrected chi connectivity index (χ3v) is 0.667. The van der Waals surface area contributed by atoms with Gasteiger partial charge in [0.25, 0.3) is 0 Å². The summed E-state index contributed by atoms with van der Waals surface area (Å²) in [5.41, 5.74) is 0. The van der Waals surface area contributed by atoms with Gasteiger partial charge in [-0.05, 0) is 13.8 Å². The third kappa shape index (κ3) is 3.87. The zero-order valence-corrected chi connectivity index (χ0v) is 4.15. The Bertz CT molecular complexity index is 14.0. The lowest BCUT2D eigenvalue weighted by Gasteiger charge is -1.79. The molecule has 0 atom stereocenters. The van der Waals surface area contributed by atoms with Gasteiger partial charge >= 0.3 is 0 Å². The maximum Gasteiger partial charge on any atom is 0.0918 e. The molecule has 0 amide bonds. The highest BCUT2D eigenvalue weighted by Crippen LogP contribution is 1.92. The van der Waals surface area contributed by atoms with Gasteiger partial charge in [0.05, 0.1) is 19.3 Å². The molecule has 0 aromatic heterocycles. The molecule has 0 rings (SSSR count). The van der Waals surface area contributed by atoms with E-state index >= 15 is 0 Å². The van der Waals surface area contributed by atoms with Gasteiger partial charge in [0.1, 0.15) is 0 Å². The number of rotatable bonds is 1. The van der Waals surface area contributed by atoms with Crippen molar-refractivity contribution in [2.75, 3.05) is 0 Å². The molecule has 0 radical (unpaired) electrons. The first kappa shape index (κ1) is 4.87. The minimum Gasteiger partial charge on any atom is -0.0218 e. The van der Waals surface area contributed by atoms with Crippen LogP contribution in [-0.2, 0) is 0 Å². The summed E-state index contributed by atoms with van der Waals surface area (Å²) in [4.78, 5) is 0. The van der Waals surface area contributed by atoms with Gasteiger partial charge in [0.15, 0.2) is 0 Å². The normalized spacial score (nSPS) is 8.80. The van der Waals surface area contributed by atoms with Crippen LogP contribution in [0.2, 0.25) is 0 Å². The minimum absolute atomic E-state index is 0.759. The average Bonchev–Trinajstić information content (AvgIpc) is 1.38. The molecule has 0 spiro atoms. The van der Waals surface area contributed by atoms with E-state index in [0.29, 0.717) is 0 Å². The molecule has 0 N–H and O–H groups in total. The van der Waals surface area contributed by atoms with Crippen LogP contribution in [0.3, 0.4) is 0 Å². The molecule has 0 aliphatic carbocycles. The summed E-state index contributed by atoms with van der Waals surface area (Å²) in [6.07, 6.45) is 2.17.